The maximum absolute atomic E-state index is 13.1. The van der Waals surface area contributed by atoms with Crippen LogP contribution in [0.2, 0.25) is 0 Å². The summed E-state index contributed by atoms with van der Waals surface area (Å²) in [4.78, 5) is 29.1. The van der Waals surface area contributed by atoms with E-state index in [2.05, 4.69) is 15.6 Å². The molecule has 31 heavy (non-hydrogen) atoms. The van der Waals surface area contributed by atoms with Gasteiger partial charge in [0.25, 0.3) is 0 Å². The lowest BCUT2D eigenvalue weighted by Gasteiger charge is -2.16. The Morgan fingerprint density at radius 2 is 1.77 bits per heavy atom. The van der Waals surface area contributed by atoms with Crippen molar-refractivity contribution in [2.45, 2.75) is 25.2 Å². The Morgan fingerprint density at radius 3 is 2.58 bits per heavy atom. The molecule has 0 bridgehead atoms. The molecule has 0 atom stereocenters. The number of fused-ring (bicyclic) bond motifs is 1. The molecule has 7 nitrogen and oxygen atoms in total. The monoisotopic (exact) mass is 417 g/mol. The van der Waals surface area contributed by atoms with Crippen LogP contribution in [0, 0.1) is 0 Å². The highest BCUT2D eigenvalue weighted by Crippen LogP contribution is 2.51. The van der Waals surface area contributed by atoms with Crippen molar-refractivity contribution >= 4 is 23.3 Å². The summed E-state index contributed by atoms with van der Waals surface area (Å²) in [6.07, 6.45) is 1.55. The van der Waals surface area contributed by atoms with Crippen molar-refractivity contribution in [3.05, 3.63) is 66.2 Å². The maximum Gasteiger partial charge on any atom is 0.236 e. The van der Waals surface area contributed by atoms with Crippen LogP contribution < -0.4 is 20.1 Å². The molecule has 2 aromatic carbocycles. The summed E-state index contributed by atoms with van der Waals surface area (Å²) < 4.78 is 10.8. The highest BCUT2D eigenvalue weighted by Gasteiger charge is 2.51. The fourth-order valence-corrected chi connectivity index (χ4v) is 3.83. The SMILES string of the molecule is CC(=O)Nc1cccc(-c2cccc(NC(=O)C3(c4ccc5c(c4)OCO5)CC3)n2)c1.[HH]. The van der Waals surface area contributed by atoms with Crippen LogP contribution in [-0.4, -0.2) is 23.6 Å². The molecule has 1 aliphatic heterocycles. The molecule has 1 aliphatic carbocycles. The largest absolute Gasteiger partial charge is 0.454 e. The first-order chi connectivity index (χ1) is 15.0. The molecule has 1 fully saturated rings. The summed E-state index contributed by atoms with van der Waals surface area (Å²) in [6, 6.07) is 18.6. The van der Waals surface area contributed by atoms with Gasteiger partial charge in [-0.05, 0) is 54.8 Å². The van der Waals surface area contributed by atoms with E-state index in [0.717, 1.165) is 24.0 Å². The van der Waals surface area contributed by atoms with E-state index >= 15 is 0 Å². The quantitative estimate of drug-likeness (QED) is 0.644. The van der Waals surface area contributed by atoms with Gasteiger partial charge in [-0.1, -0.05) is 24.3 Å². The molecule has 0 unspecified atom stereocenters. The number of carbonyl (C=O) groups is 2. The van der Waals surface area contributed by atoms with Gasteiger partial charge in [0.2, 0.25) is 18.6 Å². The van der Waals surface area contributed by atoms with Crippen LogP contribution in [0.3, 0.4) is 0 Å². The molecule has 1 aromatic heterocycles. The van der Waals surface area contributed by atoms with E-state index in [0.29, 0.717) is 28.7 Å². The molecule has 0 radical (unpaired) electrons. The number of anilines is 2. The Bertz CT molecular complexity index is 1190. The number of aromatic nitrogens is 1. The third-order valence-corrected chi connectivity index (χ3v) is 5.58. The molecule has 0 saturated heterocycles. The summed E-state index contributed by atoms with van der Waals surface area (Å²) in [5.74, 6) is 1.65. The van der Waals surface area contributed by atoms with E-state index in [1.54, 1.807) is 6.07 Å². The normalized spacial score (nSPS) is 15.3. The minimum Gasteiger partial charge on any atom is -0.454 e. The molecule has 158 valence electrons. The lowest BCUT2D eigenvalue weighted by atomic mass is 9.94. The molecule has 5 rings (SSSR count). The van der Waals surface area contributed by atoms with Crippen molar-refractivity contribution in [2.75, 3.05) is 17.4 Å². The lowest BCUT2D eigenvalue weighted by molar-refractivity contribution is -0.118. The summed E-state index contributed by atoms with van der Waals surface area (Å²) in [5.41, 5.74) is 2.61. The average Bonchev–Trinajstić information content (AvgIpc) is 3.45. The summed E-state index contributed by atoms with van der Waals surface area (Å²) in [5, 5.41) is 5.75. The summed E-state index contributed by atoms with van der Waals surface area (Å²) in [6.45, 7) is 1.67. The van der Waals surface area contributed by atoms with E-state index < -0.39 is 5.41 Å². The van der Waals surface area contributed by atoms with Crippen LogP contribution in [0.5, 0.6) is 11.5 Å². The fraction of sp³-hybridized carbons (Fsp3) is 0.208. The van der Waals surface area contributed by atoms with E-state index in [1.807, 2.05) is 54.6 Å². The van der Waals surface area contributed by atoms with Gasteiger partial charge in [-0.3, -0.25) is 9.59 Å². The number of pyridine rings is 1. The van der Waals surface area contributed by atoms with Gasteiger partial charge in [0, 0.05) is 19.6 Å². The van der Waals surface area contributed by atoms with Crippen LogP contribution >= 0.6 is 0 Å². The Labute approximate surface area is 180 Å². The molecule has 2 N–H and O–H groups in total. The van der Waals surface area contributed by atoms with Gasteiger partial charge in [-0.2, -0.15) is 0 Å². The highest BCUT2D eigenvalue weighted by atomic mass is 16.7. The van der Waals surface area contributed by atoms with Crippen LogP contribution in [0.15, 0.2) is 60.7 Å². The molecule has 2 heterocycles. The molecule has 2 amide bonds. The molecule has 1 saturated carbocycles. The molecule has 7 heteroatoms. The van der Waals surface area contributed by atoms with Gasteiger partial charge in [0.05, 0.1) is 11.1 Å². The Kier molecular flexibility index (Phi) is 4.58. The number of ether oxygens (including phenoxy) is 2. The Balaban J connectivity index is 0.00000245. The Morgan fingerprint density at radius 1 is 0.968 bits per heavy atom. The van der Waals surface area contributed by atoms with Gasteiger partial charge in [0.15, 0.2) is 11.5 Å². The van der Waals surface area contributed by atoms with E-state index in [-0.39, 0.29) is 20.0 Å². The number of nitrogens with zero attached hydrogens (tertiary/aromatic N) is 1. The third kappa shape index (κ3) is 3.70. The van der Waals surface area contributed by atoms with Gasteiger partial charge >= 0.3 is 0 Å². The van der Waals surface area contributed by atoms with Crippen molar-refractivity contribution in [1.82, 2.24) is 4.98 Å². The van der Waals surface area contributed by atoms with Crippen LogP contribution in [0.4, 0.5) is 11.5 Å². The maximum atomic E-state index is 13.1. The standard InChI is InChI=1S/C24H21N3O4.H2/c1-15(28)25-18-5-2-4-16(12-18)19-6-3-7-22(26-19)27-23(29)24(10-11-24)17-8-9-20-21(13-17)31-14-30-20;/h2-9,12-13H,10-11,14H2,1H3,(H,25,28)(H,26,27,29);1H. The zero-order valence-electron chi connectivity index (χ0n) is 17.0. The summed E-state index contributed by atoms with van der Waals surface area (Å²) in [7, 11) is 0. The van der Waals surface area contributed by atoms with Gasteiger partial charge in [0.1, 0.15) is 5.82 Å². The molecular weight excluding hydrogens is 394 g/mol. The number of hydrogen-bond acceptors (Lipinski definition) is 5. The first-order valence-corrected chi connectivity index (χ1v) is 10.1. The number of amides is 2. The first kappa shape index (κ1) is 19.1. The number of carbonyl (C=O) groups excluding carboxylic acids is 2. The van der Waals surface area contributed by atoms with Crippen LogP contribution in [0.1, 0.15) is 26.8 Å². The van der Waals surface area contributed by atoms with Gasteiger partial charge < -0.3 is 20.1 Å². The van der Waals surface area contributed by atoms with E-state index in [1.165, 1.54) is 6.92 Å². The van der Waals surface area contributed by atoms with Crippen molar-refractivity contribution in [1.29, 1.82) is 0 Å². The van der Waals surface area contributed by atoms with Gasteiger partial charge in [-0.25, -0.2) is 4.98 Å². The predicted octanol–water partition coefficient (Wildman–Crippen LogP) is 4.35. The van der Waals surface area contributed by atoms with Crippen molar-refractivity contribution in [3.8, 4) is 22.8 Å². The van der Waals surface area contributed by atoms with Gasteiger partial charge in [-0.15, -0.1) is 0 Å². The number of hydrogen-bond donors (Lipinski definition) is 2. The van der Waals surface area contributed by atoms with Crippen molar-refractivity contribution in [2.24, 2.45) is 0 Å². The molecule has 3 aromatic rings. The first-order valence-electron chi connectivity index (χ1n) is 10.1. The second kappa shape index (κ2) is 7.43. The smallest absolute Gasteiger partial charge is 0.236 e. The van der Waals surface area contributed by atoms with Crippen molar-refractivity contribution in [3.63, 3.8) is 0 Å². The Hall–Kier alpha value is -3.87. The van der Waals surface area contributed by atoms with Crippen LogP contribution in [-0.2, 0) is 15.0 Å². The van der Waals surface area contributed by atoms with E-state index in [9.17, 15) is 9.59 Å². The fourth-order valence-electron chi connectivity index (χ4n) is 3.83. The van der Waals surface area contributed by atoms with Crippen LogP contribution in [0.25, 0.3) is 11.3 Å². The zero-order valence-corrected chi connectivity index (χ0v) is 17.0. The zero-order chi connectivity index (χ0) is 21.4. The molecule has 0 spiro atoms. The topological polar surface area (TPSA) is 89.6 Å². The van der Waals surface area contributed by atoms with Crippen molar-refractivity contribution < 1.29 is 20.5 Å². The second-order valence-corrected chi connectivity index (χ2v) is 7.77. The predicted molar refractivity (Wildman–Crippen MR) is 118 cm³/mol. The molecule has 2 aliphatic rings. The number of nitrogens with one attached hydrogen (secondary N) is 2. The minimum absolute atomic E-state index is 0. The van der Waals surface area contributed by atoms with E-state index in [4.69, 9.17) is 9.47 Å². The minimum atomic E-state index is -0.565. The highest BCUT2D eigenvalue weighted by molar-refractivity contribution is 6.01. The summed E-state index contributed by atoms with van der Waals surface area (Å²) >= 11 is 0. The number of benzene rings is 2. The third-order valence-electron chi connectivity index (χ3n) is 5.58. The molecular formula is C24H23N3O4. The number of rotatable bonds is 5. The lowest BCUT2D eigenvalue weighted by Crippen LogP contribution is -2.28. The average molecular weight is 417 g/mol. The second-order valence-electron chi connectivity index (χ2n) is 7.77.